The first-order valence-electron chi connectivity index (χ1n) is 5.17. The van der Waals surface area contributed by atoms with Crippen LogP contribution >= 0.6 is 11.3 Å². The first-order chi connectivity index (χ1) is 8.54. The van der Waals surface area contributed by atoms with Crippen molar-refractivity contribution in [2.75, 3.05) is 19.4 Å². The van der Waals surface area contributed by atoms with Gasteiger partial charge in [0.25, 0.3) is 10.0 Å². The fraction of sp³-hybridized carbons (Fsp3) is 0.556. The summed E-state index contributed by atoms with van der Waals surface area (Å²) in [4.78, 5) is 9.93. The highest BCUT2D eigenvalue weighted by Gasteiger charge is 2.36. The molecule has 0 aliphatic heterocycles. The van der Waals surface area contributed by atoms with Gasteiger partial charge in [-0.1, -0.05) is 11.3 Å². The maximum absolute atomic E-state index is 12.3. The number of aliphatic hydroxyl groups excluding tert-OH is 1. The van der Waals surface area contributed by atoms with Crippen molar-refractivity contribution in [3.8, 4) is 0 Å². The molecule has 0 unspecified atom stereocenters. The van der Waals surface area contributed by atoms with Crippen molar-refractivity contribution < 1.29 is 18.4 Å². The summed E-state index contributed by atoms with van der Waals surface area (Å²) in [7, 11) is -2.64. The average molecular weight is 309 g/mol. The number of nitrogens with two attached hydrogens (primary N) is 1. The third kappa shape index (κ3) is 2.86. The number of nitro groups is 1. The van der Waals surface area contributed by atoms with Gasteiger partial charge in [0, 0.05) is 13.1 Å². The van der Waals surface area contributed by atoms with Gasteiger partial charge >= 0.3 is 5.69 Å². The largest absolute Gasteiger partial charge is 0.394 e. The highest BCUT2D eigenvalue weighted by molar-refractivity contribution is 7.91. The predicted octanol–water partition coefficient (Wildman–Crippen LogP) is 0.630. The Labute approximate surface area is 114 Å². The van der Waals surface area contributed by atoms with Gasteiger partial charge in [-0.15, -0.1) is 0 Å². The second-order valence-electron chi connectivity index (χ2n) is 4.52. The minimum atomic E-state index is -3.94. The Bertz CT molecular complexity index is 593. The molecule has 0 aromatic carbocycles. The topological polar surface area (TPSA) is 127 Å². The minimum Gasteiger partial charge on any atom is -0.394 e. The van der Waals surface area contributed by atoms with Gasteiger partial charge in [0.15, 0.2) is 5.00 Å². The number of thiophene rings is 1. The zero-order valence-electron chi connectivity index (χ0n) is 10.7. The Balaban J connectivity index is 3.29. The van der Waals surface area contributed by atoms with Crippen molar-refractivity contribution in [3.63, 3.8) is 0 Å². The zero-order chi connectivity index (χ0) is 15.0. The Morgan fingerprint density at radius 3 is 2.47 bits per heavy atom. The fourth-order valence-corrected chi connectivity index (χ4v) is 4.09. The predicted molar refractivity (Wildman–Crippen MR) is 71.5 cm³/mol. The normalized spacial score (nSPS) is 12.9. The Hall–Kier alpha value is -1.23. The van der Waals surface area contributed by atoms with Crippen LogP contribution in [0.2, 0.25) is 0 Å². The first-order valence-corrected chi connectivity index (χ1v) is 7.43. The van der Waals surface area contributed by atoms with Gasteiger partial charge in [0.2, 0.25) is 0 Å². The van der Waals surface area contributed by atoms with E-state index in [0.29, 0.717) is 11.3 Å². The number of hydrogen-bond donors (Lipinski definition) is 2. The Kier molecular flexibility index (Phi) is 4.20. The lowest BCUT2D eigenvalue weighted by Crippen LogP contribution is -2.47. The van der Waals surface area contributed by atoms with Crippen LogP contribution < -0.4 is 5.73 Å². The minimum absolute atomic E-state index is 0.168. The van der Waals surface area contributed by atoms with E-state index in [1.807, 2.05) is 0 Å². The van der Waals surface area contributed by atoms with E-state index in [0.717, 1.165) is 10.4 Å². The molecule has 0 spiro atoms. The molecule has 8 nitrogen and oxygen atoms in total. The van der Waals surface area contributed by atoms with Crippen LogP contribution in [0.25, 0.3) is 0 Å². The Morgan fingerprint density at radius 1 is 1.58 bits per heavy atom. The number of hydrogen-bond acceptors (Lipinski definition) is 7. The molecular formula is C9H15N3O5S2. The van der Waals surface area contributed by atoms with Crippen LogP contribution in [-0.4, -0.2) is 41.9 Å². The summed E-state index contributed by atoms with van der Waals surface area (Å²) in [6.07, 6.45) is 0. The number of aliphatic hydroxyl groups is 1. The van der Waals surface area contributed by atoms with E-state index < -0.39 is 26.2 Å². The molecule has 0 bridgehead atoms. The molecule has 0 saturated heterocycles. The summed E-state index contributed by atoms with van der Waals surface area (Å²) in [6, 6.07) is 0.930. The molecule has 0 amide bonds. The summed E-state index contributed by atoms with van der Waals surface area (Å²) < 4.78 is 25.3. The van der Waals surface area contributed by atoms with E-state index in [2.05, 4.69) is 0 Å². The highest BCUT2D eigenvalue weighted by Crippen LogP contribution is 2.36. The number of nitrogen functional groups attached to an aromatic ring is 1. The van der Waals surface area contributed by atoms with Crippen LogP contribution in [0.15, 0.2) is 10.3 Å². The van der Waals surface area contributed by atoms with Crippen LogP contribution in [-0.2, 0) is 10.0 Å². The van der Waals surface area contributed by atoms with Crippen LogP contribution in [0.3, 0.4) is 0 Å². The molecule has 0 saturated carbocycles. The molecule has 1 aromatic rings. The molecule has 3 N–H and O–H groups in total. The van der Waals surface area contributed by atoms with Crippen molar-refractivity contribution in [1.29, 1.82) is 0 Å². The second kappa shape index (κ2) is 5.04. The van der Waals surface area contributed by atoms with Gasteiger partial charge in [0.05, 0.1) is 17.1 Å². The number of sulfonamides is 1. The van der Waals surface area contributed by atoms with Crippen molar-refractivity contribution in [1.82, 2.24) is 4.31 Å². The fourth-order valence-electron chi connectivity index (χ4n) is 1.20. The van der Waals surface area contributed by atoms with E-state index in [9.17, 15) is 23.6 Å². The summed E-state index contributed by atoms with van der Waals surface area (Å²) in [5.41, 5.74) is 3.97. The number of nitrogens with zero attached hydrogens (tertiary/aromatic N) is 2. The first kappa shape index (κ1) is 15.8. The van der Waals surface area contributed by atoms with Crippen molar-refractivity contribution in [3.05, 3.63) is 16.2 Å². The molecule has 0 atom stereocenters. The van der Waals surface area contributed by atoms with Crippen molar-refractivity contribution >= 4 is 32.0 Å². The van der Waals surface area contributed by atoms with E-state index >= 15 is 0 Å². The molecule has 108 valence electrons. The van der Waals surface area contributed by atoms with Crippen LogP contribution in [0, 0.1) is 10.1 Å². The molecule has 1 heterocycles. The standard InChI is InChI=1S/C9H15N3O5S2/c1-9(2,5-13)11(3)19(16,17)7-4-6(12(14)15)8(10)18-7/h4,13H,5,10H2,1-3H3. The highest BCUT2D eigenvalue weighted by atomic mass is 32.2. The lowest BCUT2D eigenvalue weighted by Gasteiger charge is -2.32. The molecule has 0 aliphatic carbocycles. The van der Waals surface area contributed by atoms with Gasteiger partial charge in [-0.3, -0.25) is 10.1 Å². The number of rotatable bonds is 5. The van der Waals surface area contributed by atoms with E-state index in [1.54, 1.807) is 0 Å². The maximum atomic E-state index is 12.3. The quantitative estimate of drug-likeness (QED) is 0.606. The van der Waals surface area contributed by atoms with Gasteiger partial charge in [-0.05, 0) is 13.8 Å². The molecular weight excluding hydrogens is 294 g/mol. The van der Waals surface area contributed by atoms with Crippen molar-refractivity contribution in [2.45, 2.75) is 23.6 Å². The Morgan fingerprint density at radius 2 is 2.11 bits per heavy atom. The van der Waals surface area contributed by atoms with Crippen LogP contribution in [0.4, 0.5) is 10.7 Å². The summed E-state index contributed by atoms with van der Waals surface area (Å²) in [5.74, 6) is 0. The van der Waals surface area contributed by atoms with E-state index in [1.165, 1.54) is 20.9 Å². The van der Waals surface area contributed by atoms with Gasteiger partial charge in [-0.2, -0.15) is 4.31 Å². The van der Waals surface area contributed by atoms with Crippen LogP contribution in [0.5, 0.6) is 0 Å². The molecule has 1 rings (SSSR count). The molecule has 1 aromatic heterocycles. The molecule has 19 heavy (non-hydrogen) atoms. The third-order valence-electron chi connectivity index (χ3n) is 2.77. The third-order valence-corrected chi connectivity index (χ3v) is 6.24. The maximum Gasteiger partial charge on any atom is 0.304 e. The van der Waals surface area contributed by atoms with Crippen LogP contribution in [0.1, 0.15) is 13.8 Å². The monoisotopic (exact) mass is 309 g/mol. The summed E-state index contributed by atoms with van der Waals surface area (Å²) in [6.45, 7) is 2.69. The van der Waals surface area contributed by atoms with Gasteiger partial charge in [-0.25, -0.2) is 8.42 Å². The van der Waals surface area contributed by atoms with E-state index in [-0.39, 0.29) is 15.8 Å². The summed E-state index contributed by atoms with van der Waals surface area (Å²) >= 11 is 0.629. The lowest BCUT2D eigenvalue weighted by molar-refractivity contribution is -0.383. The molecule has 10 heteroatoms. The van der Waals surface area contributed by atoms with E-state index in [4.69, 9.17) is 5.73 Å². The molecule has 0 fully saturated rings. The molecule has 0 radical (unpaired) electrons. The number of anilines is 1. The van der Waals surface area contributed by atoms with Gasteiger partial charge < -0.3 is 10.8 Å². The second-order valence-corrected chi connectivity index (χ2v) is 7.79. The SMILES string of the molecule is CN(C(C)(C)CO)S(=O)(=O)c1cc([N+](=O)[O-])c(N)s1. The molecule has 0 aliphatic rings. The lowest BCUT2D eigenvalue weighted by atomic mass is 10.1. The van der Waals surface area contributed by atoms with Crippen molar-refractivity contribution in [2.24, 2.45) is 0 Å². The number of likely N-dealkylation sites (N-methyl/N-ethyl adjacent to an activating group) is 1. The van der Waals surface area contributed by atoms with Gasteiger partial charge in [0.1, 0.15) is 4.21 Å². The average Bonchev–Trinajstić information content (AvgIpc) is 2.71. The zero-order valence-corrected chi connectivity index (χ0v) is 12.3. The smallest absolute Gasteiger partial charge is 0.304 e. The summed E-state index contributed by atoms with van der Waals surface area (Å²) in [5, 5.41) is 19.7.